The fraction of sp³-hybridized carbons (Fsp3) is 0.333. The Morgan fingerprint density at radius 1 is 1.15 bits per heavy atom. The van der Waals surface area contributed by atoms with E-state index in [0.29, 0.717) is 12.1 Å². The lowest BCUT2D eigenvalue weighted by Crippen LogP contribution is -2.52. The van der Waals surface area contributed by atoms with Crippen molar-refractivity contribution in [3.05, 3.63) is 52.4 Å². The monoisotopic (exact) mass is 361 g/mol. The van der Waals surface area contributed by atoms with Gasteiger partial charge in [0, 0.05) is 41.8 Å². The van der Waals surface area contributed by atoms with Crippen LogP contribution in [0.3, 0.4) is 0 Å². The number of fused-ring (bicyclic) bond motifs is 3. The number of anilines is 2. The van der Waals surface area contributed by atoms with Gasteiger partial charge in [0.15, 0.2) is 0 Å². The number of aromatic nitrogens is 2. The normalized spacial score (nSPS) is 21.7. The Hall–Kier alpha value is -2.86. The molecule has 27 heavy (non-hydrogen) atoms. The summed E-state index contributed by atoms with van der Waals surface area (Å²) in [5, 5.41) is 4.47. The zero-order valence-electron chi connectivity index (χ0n) is 15.3. The van der Waals surface area contributed by atoms with Crippen LogP contribution in [0.5, 0.6) is 0 Å². The maximum atomic E-state index is 12.3. The minimum Gasteiger partial charge on any atom is -0.398 e. The van der Waals surface area contributed by atoms with Crippen molar-refractivity contribution in [1.82, 2.24) is 15.3 Å². The van der Waals surface area contributed by atoms with Gasteiger partial charge in [0.2, 0.25) is 0 Å². The number of aryl methyl sites for hydroxylation is 1. The van der Waals surface area contributed by atoms with Crippen molar-refractivity contribution >= 4 is 22.4 Å². The van der Waals surface area contributed by atoms with Gasteiger partial charge in [-0.3, -0.25) is 0 Å². The van der Waals surface area contributed by atoms with Crippen LogP contribution in [0.2, 0.25) is 0 Å². The van der Waals surface area contributed by atoms with E-state index in [2.05, 4.69) is 45.3 Å². The van der Waals surface area contributed by atoms with Gasteiger partial charge in [0.25, 0.3) is 0 Å². The van der Waals surface area contributed by atoms with Crippen molar-refractivity contribution in [1.29, 1.82) is 0 Å². The van der Waals surface area contributed by atoms with Crippen molar-refractivity contribution in [3.8, 4) is 11.1 Å². The molecule has 2 unspecified atom stereocenters. The number of nitrogens with zero attached hydrogens (tertiary/aromatic N) is 2. The maximum Gasteiger partial charge on any atom is 0.347 e. The first kappa shape index (κ1) is 16.3. The summed E-state index contributed by atoms with van der Waals surface area (Å²) in [6.07, 6.45) is 2.29. The van der Waals surface area contributed by atoms with E-state index >= 15 is 0 Å². The van der Waals surface area contributed by atoms with Crippen LogP contribution in [0.4, 0.5) is 11.5 Å². The van der Waals surface area contributed by atoms with E-state index in [9.17, 15) is 4.79 Å². The maximum absolute atomic E-state index is 12.3. The van der Waals surface area contributed by atoms with Gasteiger partial charge in [-0.1, -0.05) is 18.2 Å². The highest BCUT2D eigenvalue weighted by atomic mass is 16.1. The summed E-state index contributed by atoms with van der Waals surface area (Å²) >= 11 is 0. The van der Waals surface area contributed by atoms with Gasteiger partial charge in [-0.15, -0.1) is 0 Å². The Morgan fingerprint density at radius 3 is 2.67 bits per heavy atom. The van der Waals surface area contributed by atoms with Gasteiger partial charge in [-0.05, 0) is 49.1 Å². The molecule has 2 aliphatic rings. The Balaban J connectivity index is 1.68. The molecule has 1 aromatic heterocycles. The van der Waals surface area contributed by atoms with E-state index in [1.165, 1.54) is 0 Å². The molecule has 5 rings (SSSR count). The molecule has 0 saturated carbocycles. The first-order valence-electron chi connectivity index (χ1n) is 9.50. The number of benzene rings is 2. The number of H-pyrrole nitrogens is 1. The number of aromatic amines is 1. The predicted octanol–water partition coefficient (Wildman–Crippen LogP) is 2.42. The molecule has 2 atom stereocenters. The molecule has 0 aliphatic carbocycles. The van der Waals surface area contributed by atoms with E-state index in [1.807, 2.05) is 18.2 Å². The first-order valence-corrected chi connectivity index (χ1v) is 9.50. The van der Waals surface area contributed by atoms with Crippen LogP contribution in [-0.2, 0) is 0 Å². The molecular weight excluding hydrogens is 338 g/mol. The van der Waals surface area contributed by atoms with Crippen molar-refractivity contribution in [2.24, 2.45) is 0 Å². The molecule has 3 aromatic rings. The Morgan fingerprint density at radius 2 is 1.93 bits per heavy atom. The second-order valence-corrected chi connectivity index (χ2v) is 7.62. The quantitative estimate of drug-likeness (QED) is 0.610. The number of nitrogens with one attached hydrogen (secondary N) is 2. The standard InChI is InChI=1S/C21H23N5O/c1-12-3-2-4-17(22)19(12)13-5-8-16-18(9-13)24-21(27)25-20(16)26-14-6-7-15(26)11-23-10-14/h2-5,8-9,14-15,23H,6-7,10-11,22H2,1H3,(H,24,25,27). The molecule has 2 fully saturated rings. The number of piperazine rings is 1. The summed E-state index contributed by atoms with van der Waals surface area (Å²) in [5.74, 6) is 0.812. The van der Waals surface area contributed by atoms with Gasteiger partial charge in [-0.2, -0.15) is 4.98 Å². The highest BCUT2D eigenvalue weighted by Gasteiger charge is 2.38. The highest BCUT2D eigenvalue weighted by molar-refractivity contribution is 5.94. The Bertz CT molecular complexity index is 1050. The molecule has 6 heteroatoms. The SMILES string of the molecule is Cc1cccc(N)c1-c1ccc2c(N3C4CCC3CNC4)nc(=O)[nH]c2c1. The first-order chi connectivity index (χ1) is 13.1. The summed E-state index contributed by atoms with van der Waals surface area (Å²) in [6, 6.07) is 12.9. The Labute approximate surface area is 157 Å². The summed E-state index contributed by atoms with van der Waals surface area (Å²) in [7, 11) is 0. The van der Waals surface area contributed by atoms with Crippen LogP contribution in [-0.4, -0.2) is 35.1 Å². The smallest absolute Gasteiger partial charge is 0.347 e. The van der Waals surface area contributed by atoms with Crippen molar-refractivity contribution in [2.45, 2.75) is 31.8 Å². The minimum absolute atomic E-state index is 0.301. The fourth-order valence-electron chi connectivity index (χ4n) is 4.70. The molecule has 0 radical (unpaired) electrons. The van der Waals surface area contributed by atoms with Gasteiger partial charge in [0.1, 0.15) is 5.82 Å². The predicted molar refractivity (Wildman–Crippen MR) is 109 cm³/mol. The molecule has 2 bridgehead atoms. The van der Waals surface area contributed by atoms with Gasteiger partial charge in [-0.25, -0.2) is 4.79 Å². The van der Waals surface area contributed by atoms with Crippen molar-refractivity contribution in [3.63, 3.8) is 0 Å². The molecular formula is C21H23N5O. The molecule has 3 heterocycles. The molecule has 2 saturated heterocycles. The van der Waals surface area contributed by atoms with Crippen molar-refractivity contribution in [2.75, 3.05) is 23.7 Å². The molecule has 2 aromatic carbocycles. The second-order valence-electron chi connectivity index (χ2n) is 7.62. The summed E-state index contributed by atoms with van der Waals surface area (Å²) < 4.78 is 0. The molecule has 4 N–H and O–H groups in total. The van der Waals surface area contributed by atoms with Crippen LogP contribution < -0.4 is 21.6 Å². The molecule has 138 valence electrons. The number of hydrogen-bond donors (Lipinski definition) is 3. The van der Waals surface area contributed by atoms with Crippen LogP contribution in [0, 0.1) is 6.92 Å². The van der Waals surface area contributed by atoms with Crippen molar-refractivity contribution < 1.29 is 0 Å². The van der Waals surface area contributed by atoms with Gasteiger partial charge in [0.05, 0.1) is 5.52 Å². The lowest BCUT2D eigenvalue weighted by atomic mass is 9.97. The molecule has 2 aliphatic heterocycles. The Kier molecular flexibility index (Phi) is 3.68. The molecule has 6 nitrogen and oxygen atoms in total. The van der Waals surface area contributed by atoms with E-state index < -0.39 is 0 Å². The molecule has 0 amide bonds. The average Bonchev–Trinajstić information content (AvgIpc) is 2.88. The lowest BCUT2D eigenvalue weighted by Gasteiger charge is -2.36. The third-order valence-corrected chi connectivity index (χ3v) is 5.93. The second kappa shape index (κ2) is 6.09. The lowest BCUT2D eigenvalue weighted by molar-refractivity contribution is 0.482. The summed E-state index contributed by atoms with van der Waals surface area (Å²) in [6.45, 7) is 3.95. The van der Waals surface area contributed by atoms with E-state index in [-0.39, 0.29) is 5.69 Å². The highest BCUT2D eigenvalue weighted by Crippen LogP contribution is 2.36. The van der Waals surface area contributed by atoms with Gasteiger partial charge < -0.3 is 20.9 Å². The zero-order chi connectivity index (χ0) is 18.5. The molecule has 0 spiro atoms. The number of rotatable bonds is 2. The van der Waals surface area contributed by atoms with E-state index in [1.54, 1.807) is 0 Å². The van der Waals surface area contributed by atoms with Crippen LogP contribution >= 0.6 is 0 Å². The number of nitrogens with two attached hydrogens (primary N) is 1. The fourth-order valence-corrected chi connectivity index (χ4v) is 4.70. The largest absolute Gasteiger partial charge is 0.398 e. The topological polar surface area (TPSA) is 87.0 Å². The third-order valence-electron chi connectivity index (χ3n) is 5.93. The number of nitrogen functional groups attached to an aromatic ring is 1. The van der Waals surface area contributed by atoms with Crippen LogP contribution in [0.25, 0.3) is 22.0 Å². The third kappa shape index (κ3) is 2.59. The van der Waals surface area contributed by atoms with Crippen LogP contribution in [0.1, 0.15) is 18.4 Å². The summed E-state index contributed by atoms with van der Waals surface area (Å²) in [5.41, 5.74) is 10.6. The van der Waals surface area contributed by atoms with E-state index in [0.717, 1.165) is 65.0 Å². The van der Waals surface area contributed by atoms with Crippen LogP contribution in [0.15, 0.2) is 41.2 Å². The van der Waals surface area contributed by atoms with E-state index in [4.69, 9.17) is 5.73 Å². The number of hydrogen-bond acceptors (Lipinski definition) is 5. The minimum atomic E-state index is -0.301. The zero-order valence-corrected chi connectivity index (χ0v) is 15.3. The van der Waals surface area contributed by atoms with Gasteiger partial charge >= 0.3 is 5.69 Å². The average molecular weight is 361 g/mol. The summed E-state index contributed by atoms with van der Waals surface area (Å²) in [4.78, 5) is 22.0.